The molecule has 0 amide bonds. The molecule has 0 saturated carbocycles. The van der Waals surface area contributed by atoms with Crippen molar-refractivity contribution in [1.29, 1.82) is 0 Å². The number of nitrogens with zero attached hydrogens (tertiary/aromatic N) is 1. The third kappa shape index (κ3) is 5.44. The number of piperazine rings is 1. The number of nitrogens with one attached hydrogen (secondary N) is 2. The van der Waals surface area contributed by atoms with E-state index in [2.05, 4.69) is 15.8 Å². The SMILES string of the molecule is CCOC(CNN1CCNCC1)OCC. The minimum Gasteiger partial charge on any atom is -0.352 e. The lowest BCUT2D eigenvalue weighted by Crippen LogP contribution is -2.52. The van der Waals surface area contributed by atoms with Gasteiger partial charge in [-0.3, -0.25) is 5.43 Å². The van der Waals surface area contributed by atoms with Crippen LogP contribution in [-0.2, 0) is 9.47 Å². The van der Waals surface area contributed by atoms with Crippen LogP contribution in [0.3, 0.4) is 0 Å². The van der Waals surface area contributed by atoms with E-state index in [1.165, 1.54) is 0 Å². The Kier molecular flexibility index (Phi) is 6.87. The average molecular weight is 217 g/mol. The van der Waals surface area contributed by atoms with Crippen LogP contribution in [0, 0.1) is 0 Å². The first-order chi connectivity index (χ1) is 7.36. The van der Waals surface area contributed by atoms with E-state index < -0.39 is 0 Å². The molecule has 90 valence electrons. The molecular formula is C10H23N3O2. The van der Waals surface area contributed by atoms with Gasteiger partial charge in [-0.25, -0.2) is 5.01 Å². The standard InChI is InChI=1S/C10H23N3O2/c1-3-14-10(15-4-2)9-12-13-7-5-11-6-8-13/h10-12H,3-9H2,1-2H3. The molecule has 0 spiro atoms. The number of hydrogen-bond acceptors (Lipinski definition) is 5. The van der Waals surface area contributed by atoms with E-state index in [1.807, 2.05) is 13.8 Å². The molecule has 1 fully saturated rings. The zero-order chi connectivity index (χ0) is 10.9. The molecule has 0 aromatic rings. The summed E-state index contributed by atoms with van der Waals surface area (Å²) in [7, 11) is 0. The molecule has 1 aliphatic rings. The minimum absolute atomic E-state index is 0.130. The zero-order valence-corrected chi connectivity index (χ0v) is 9.79. The van der Waals surface area contributed by atoms with Gasteiger partial charge in [0, 0.05) is 39.4 Å². The van der Waals surface area contributed by atoms with Crippen LogP contribution >= 0.6 is 0 Å². The number of ether oxygens (including phenoxy) is 2. The molecule has 0 atom stereocenters. The monoisotopic (exact) mass is 217 g/mol. The molecule has 1 aliphatic heterocycles. The molecule has 0 bridgehead atoms. The first-order valence-electron chi connectivity index (χ1n) is 5.79. The predicted molar refractivity (Wildman–Crippen MR) is 59.5 cm³/mol. The van der Waals surface area contributed by atoms with E-state index in [4.69, 9.17) is 9.47 Å². The Morgan fingerprint density at radius 1 is 1.20 bits per heavy atom. The van der Waals surface area contributed by atoms with Gasteiger partial charge in [0.2, 0.25) is 0 Å². The third-order valence-electron chi connectivity index (χ3n) is 2.30. The Hall–Kier alpha value is -0.200. The molecule has 5 heteroatoms. The van der Waals surface area contributed by atoms with Crippen molar-refractivity contribution in [3.63, 3.8) is 0 Å². The van der Waals surface area contributed by atoms with E-state index >= 15 is 0 Å². The third-order valence-corrected chi connectivity index (χ3v) is 2.30. The van der Waals surface area contributed by atoms with Crippen molar-refractivity contribution in [3.05, 3.63) is 0 Å². The maximum absolute atomic E-state index is 5.45. The summed E-state index contributed by atoms with van der Waals surface area (Å²) in [5, 5.41) is 5.52. The van der Waals surface area contributed by atoms with E-state index in [9.17, 15) is 0 Å². The minimum atomic E-state index is -0.130. The molecule has 0 aromatic carbocycles. The smallest absolute Gasteiger partial charge is 0.171 e. The van der Waals surface area contributed by atoms with Gasteiger partial charge in [0.1, 0.15) is 0 Å². The first-order valence-corrected chi connectivity index (χ1v) is 5.79. The highest BCUT2D eigenvalue weighted by Gasteiger charge is 2.12. The summed E-state index contributed by atoms with van der Waals surface area (Å²) >= 11 is 0. The zero-order valence-electron chi connectivity index (χ0n) is 9.79. The highest BCUT2D eigenvalue weighted by molar-refractivity contribution is 4.64. The molecule has 5 nitrogen and oxygen atoms in total. The second-order valence-corrected chi connectivity index (χ2v) is 3.44. The molecular weight excluding hydrogens is 194 g/mol. The van der Waals surface area contributed by atoms with Gasteiger partial charge in [0.25, 0.3) is 0 Å². The molecule has 2 N–H and O–H groups in total. The summed E-state index contributed by atoms with van der Waals surface area (Å²) in [5.74, 6) is 0. The van der Waals surface area contributed by atoms with Crippen LogP contribution in [0.15, 0.2) is 0 Å². The fourth-order valence-corrected chi connectivity index (χ4v) is 1.56. The average Bonchev–Trinajstić information content (AvgIpc) is 2.28. The second kappa shape index (κ2) is 8.01. The van der Waals surface area contributed by atoms with E-state index in [-0.39, 0.29) is 6.29 Å². The van der Waals surface area contributed by atoms with Crippen molar-refractivity contribution in [3.8, 4) is 0 Å². The highest BCUT2D eigenvalue weighted by atomic mass is 16.7. The predicted octanol–water partition coefficient (Wildman–Crippen LogP) is -0.205. The van der Waals surface area contributed by atoms with Gasteiger partial charge in [0.15, 0.2) is 6.29 Å². The van der Waals surface area contributed by atoms with Crippen LogP contribution in [0.4, 0.5) is 0 Å². The normalized spacial score (nSPS) is 18.6. The number of hydrogen-bond donors (Lipinski definition) is 2. The molecule has 0 radical (unpaired) electrons. The van der Waals surface area contributed by atoms with Crippen molar-refractivity contribution < 1.29 is 9.47 Å². The Balaban J connectivity index is 2.13. The van der Waals surface area contributed by atoms with Crippen molar-refractivity contribution >= 4 is 0 Å². The summed E-state index contributed by atoms with van der Waals surface area (Å²) in [6.07, 6.45) is -0.130. The Labute approximate surface area is 92.1 Å². The summed E-state index contributed by atoms with van der Waals surface area (Å²) in [5.41, 5.74) is 3.33. The lowest BCUT2D eigenvalue weighted by molar-refractivity contribution is -0.139. The van der Waals surface area contributed by atoms with E-state index in [0.717, 1.165) is 32.7 Å². The maximum Gasteiger partial charge on any atom is 0.171 e. The van der Waals surface area contributed by atoms with Gasteiger partial charge in [-0.05, 0) is 13.8 Å². The van der Waals surface area contributed by atoms with Crippen LogP contribution in [0.1, 0.15) is 13.8 Å². The highest BCUT2D eigenvalue weighted by Crippen LogP contribution is 1.95. The van der Waals surface area contributed by atoms with Gasteiger partial charge >= 0.3 is 0 Å². The molecule has 0 aromatic heterocycles. The number of rotatable bonds is 7. The number of hydrazine groups is 1. The van der Waals surface area contributed by atoms with Gasteiger partial charge in [0.05, 0.1) is 6.54 Å². The van der Waals surface area contributed by atoms with Crippen molar-refractivity contribution in [1.82, 2.24) is 15.8 Å². The van der Waals surface area contributed by atoms with Gasteiger partial charge in [-0.2, -0.15) is 0 Å². The van der Waals surface area contributed by atoms with Crippen LogP contribution in [0.25, 0.3) is 0 Å². The van der Waals surface area contributed by atoms with Gasteiger partial charge in [-0.1, -0.05) is 0 Å². The van der Waals surface area contributed by atoms with Crippen LogP contribution < -0.4 is 10.7 Å². The van der Waals surface area contributed by atoms with Crippen LogP contribution in [-0.4, -0.2) is 57.2 Å². The maximum atomic E-state index is 5.45. The van der Waals surface area contributed by atoms with Crippen LogP contribution in [0.5, 0.6) is 0 Å². The summed E-state index contributed by atoms with van der Waals surface area (Å²) in [6.45, 7) is 10.2. The molecule has 1 heterocycles. The lowest BCUT2D eigenvalue weighted by atomic mass is 10.4. The molecule has 15 heavy (non-hydrogen) atoms. The fourth-order valence-electron chi connectivity index (χ4n) is 1.56. The summed E-state index contributed by atoms with van der Waals surface area (Å²) in [4.78, 5) is 0. The Bertz CT molecular complexity index is 146. The molecule has 0 aliphatic carbocycles. The summed E-state index contributed by atoms with van der Waals surface area (Å²) < 4.78 is 10.9. The van der Waals surface area contributed by atoms with E-state index in [1.54, 1.807) is 0 Å². The quantitative estimate of drug-likeness (QED) is 0.578. The molecule has 1 rings (SSSR count). The van der Waals surface area contributed by atoms with Gasteiger partial charge in [-0.15, -0.1) is 0 Å². The molecule has 1 saturated heterocycles. The van der Waals surface area contributed by atoms with Gasteiger partial charge < -0.3 is 14.8 Å². The largest absolute Gasteiger partial charge is 0.352 e. The topological polar surface area (TPSA) is 45.8 Å². The van der Waals surface area contributed by atoms with Crippen molar-refractivity contribution in [2.24, 2.45) is 0 Å². The van der Waals surface area contributed by atoms with E-state index in [0.29, 0.717) is 13.2 Å². The van der Waals surface area contributed by atoms with Crippen molar-refractivity contribution in [2.45, 2.75) is 20.1 Å². The first kappa shape index (κ1) is 12.9. The Morgan fingerprint density at radius 3 is 2.33 bits per heavy atom. The summed E-state index contributed by atoms with van der Waals surface area (Å²) in [6, 6.07) is 0. The lowest BCUT2D eigenvalue weighted by Gasteiger charge is -2.29. The van der Waals surface area contributed by atoms with Crippen LogP contribution in [0.2, 0.25) is 0 Å². The van der Waals surface area contributed by atoms with Crippen molar-refractivity contribution in [2.75, 3.05) is 45.9 Å². The Morgan fingerprint density at radius 2 is 1.80 bits per heavy atom. The molecule has 0 unspecified atom stereocenters. The fraction of sp³-hybridized carbons (Fsp3) is 1.00. The second-order valence-electron chi connectivity index (χ2n) is 3.44.